The van der Waals surface area contributed by atoms with E-state index in [9.17, 15) is 4.79 Å². The average Bonchev–Trinajstić information content (AvgIpc) is 2.70. The molecule has 0 aliphatic rings. The summed E-state index contributed by atoms with van der Waals surface area (Å²) in [6.07, 6.45) is 5.60. The molecule has 0 unspecified atom stereocenters. The first-order valence-corrected chi connectivity index (χ1v) is 6.19. The van der Waals surface area contributed by atoms with E-state index in [0.29, 0.717) is 12.1 Å². The topological polar surface area (TPSA) is 72.9 Å². The molecule has 0 saturated carbocycles. The normalized spacial score (nSPS) is 10.5. The van der Waals surface area contributed by atoms with E-state index in [2.05, 4.69) is 10.4 Å². The molecule has 17 heavy (non-hydrogen) atoms. The number of nitrogens with two attached hydrogens (primary N) is 1. The lowest BCUT2D eigenvalue weighted by atomic mass is 10.2. The van der Waals surface area contributed by atoms with Crippen molar-refractivity contribution in [3.63, 3.8) is 0 Å². The maximum absolute atomic E-state index is 11.9. The molecular formula is C12H22N4O. The second-order valence-corrected chi connectivity index (χ2v) is 4.12. The third-order valence-electron chi connectivity index (χ3n) is 2.65. The number of unbranched alkanes of at least 4 members (excludes halogenated alkanes) is 2. The van der Waals surface area contributed by atoms with Crippen LogP contribution in [0.1, 0.15) is 42.2 Å². The van der Waals surface area contributed by atoms with E-state index < -0.39 is 0 Å². The number of nitrogens with zero attached hydrogens (tertiary/aromatic N) is 2. The molecule has 1 heterocycles. The molecule has 0 aromatic carbocycles. The standard InChI is InChI=1S/C12H22N4O/c1-3-11-10(9-16(2)15-11)12(17)14-8-6-4-5-7-13/h9H,3-8,13H2,1-2H3,(H,14,17). The molecule has 0 spiro atoms. The van der Waals surface area contributed by atoms with Crippen LogP contribution < -0.4 is 11.1 Å². The molecule has 5 heteroatoms. The van der Waals surface area contributed by atoms with Crippen molar-refractivity contribution in [3.05, 3.63) is 17.5 Å². The molecule has 3 N–H and O–H groups in total. The predicted molar refractivity (Wildman–Crippen MR) is 67.8 cm³/mol. The molecule has 5 nitrogen and oxygen atoms in total. The Hall–Kier alpha value is -1.36. The van der Waals surface area contributed by atoms with Crippen molar-refractivity contribution < 1.29 is 4.79 Å². The maximum Gasteiger partial charge on any atom is 0.254 e. The van der Waals surface area contributed by atoms with E-state index in [1.54, 1.807) is 10.9 Å². The van der Waals surface area contributed by atoms with Gasteiger partial charge in [0.05, 0.1) is 11.3 Å². The summed E-state index contributed by atoms with van der Waals surface area (Å²) in [5, 5.41) is 7.16. The Labute approximate surface area is 102 Å². The molecule has 96 valence electrons. The van der Waals surface area contributed by atoms with Gasteiger partial charge in [-0.3, -0.25) is 9.48 Å². The highest BCUT2D eigenvalue weighted by Crippen LogP contribution is 2.06. The van der Waals surface area contributed by atoms with Gasteiger partial charge in [0.2, 0.25) is 0 Å². The summed E-state index contributed by atoms with van der Waals surface area (Å²) in [5.41, 5.74) is 6.95. The zero-order chi connectivity index (χ0) is 12.7. The highest BCUT2D eigenvalue weighted by Gasteiger charge is 2.13. The Morgan fingerprint density at radius 1 is 1.47 bits per heavy atom. The molecule has 1 aromatic heterocycles. The van der Waals surface area contributed by atoms with Crippen molar-refractivity contribution in [1.82, 2.24) is 15.1 Å². The van der Waals surface area contributed by atoms with Crippen LogP contribution in [0.3, 0.4) is 0 Å². The molecule has 0 fully saturated rings. The lowest BCUT2D eigenvalue weighted by molar-refractivity contribution is 0.0952. The van der Waals surface area contributed by atoms with Crippen LogP contribution in [-0.4, -0.2) is 28.8 Å². The number of hydrogen-bond acceptors (Lipinski definition) is 3. The van der Waals surface area contributed by atoms with Gasteiger partial charge in [0.15, 0.2) is 0 Å². The first-order valence-electron chi connectivity index (χ1n) is 6.19. The predicted octanol–water partition coefficient (Wildman–Crippen LogP) is 0.841. The number of amides is 1. The summed E-state index contributed by atoms with van der Waals surface area (Å²) < 4.78 is 1.68. The van der Waals surface area contributed by atoms with Crippen molar-refractivity contribution in [1.29, 1.82) is 0 Å². The molecule has 0 aliphatic heterocycles. The van der Waals surface area contributed by atoms with E-state index >= 15 is 0 Å². The number of aryl methyl sites for hydroxylation is 2. The summed E-state index contributed by atoms with van der Waals surface area (Å²) >= 11 is 0. The monoisotopic (exact) mass is 238 g/mol. The minimum Gasteiger partial charge on any atom is -0.352 e. The smallest absolute Gasteiger partial charge is 0.254 e. The number of carbonyl (C=O) groups excluding carboxylic acids is 1. The molecule has 1 rings (SSSR count). The Morgan fingerprint density at radius 3 is 2.88 bits per heavy atom. The highest BCUT2D eigenvalue weighted by atomic mass is 16.1. The zero-order valence-electron chi connectivity index (χ0n) is 10.7. The van der Waals surface area contributed by atoms with Gasteiger partial charge in [0, 0.05) is 19.8 Å². The van der Waals surface area contributed by atoms with Crippen molar-refractivity contribution in [2.24, 2.45) is 12.8 Å². The quantitative estimate of drug-likeness (QED) is 0.691. The number of hydrogen-bond donors (Lipinski definition) is 2. The molecular weight excluding hydrogens is 216 g/mol. The second-order valence-electron chi connectivity index (χ2n) is 4.12. The van der Waals surface area contributed by atoms with E-state index in [-0.39, 0.29) is 5.91 Å². The fourth-order valence-electron chi connectivity index (χ4n) is 1.73. The van der Waals surface area contributed by atoms with Crippen molar-refractivity contribution in [2.45, 2.75) is 32.6 Å². The summed E-state index contributed by atoms with van der Waals surface area (Å²) in [6, 6.07) is 0. The number of rotatable bonds is 7. The van der Waals surface area contributed by atoms with Gasteiger partial charge in [-0.2, -0.15) is 5.10 Å². The van der Waals surface area contributed by atoms with Crippen molar-refractivity contribution in [3.8, 4) is 0 Å². The van der Waals surface area contributed by atoms with Crippen LogP contribution in [0.5, 0.6) is 0 Å². The fourth-order valence-corrected chi connectivity index (χ4v) is 1.73. The Kier molecular flexibility index (Phi) is 5.69. The summed E-state index contributed by atoms with van der Waals surface area (Å²) in [6.45, 7) is 3.42. The highest BCUT2D eigenvalue weighted by molar-refractivity contribution is 5.95. The van der Waals surface area contributed by atoms with Crippen LogP contribution >= 0.6 is 0 Å². The van der Waals surface area contributed by atoms with Crippen LogP contribution in [0.2, 0.25) is 0 Å². The van der Waals surface area contributed by atoms with E-state index in [1.807, 2.05) is 14.0 Å². The summed E-state index contributed by atoms with van der Waals surface area (Å²) in [7, 11) is 1.83. The van der Waals surface area contributed by atoms with Crippen LogP contribution in [0, 0.1) is 0 Å². The third-order valence-corrected chi connectivity index (χ3v) is 2.65. The van der Waals surface area contributed by atoms with Gasteiger partial charge < -0.3 is 11.1 Å². The van der Waals surface area contributed by atoms with Crippen LogP contribution in [0.15, 0.2) is 6.20 Å². The maximum atomic E-state index is 11.9. The van der Waals surface area contributed by atoms with Crippen molar-refractivity contribution >= 4 is 5.91 Å². The first-order chi connectivity index (χ1) is 8.19. The molecule has 1 aromatic rings. The third kappa shape index (κ3) is 4.19. The van der Waals surface area contributed by atoms with Gasteiger partial charge >= 0.3 is 0 Å². The lowest BCUT2D eigenvalue weighted by Crippen LogP contribution is -2.25. The molecule has 0 atom stereocenters. The Bertz CT molecular complexity index is 359. The van der Waals surface area contributed by atoms with Crippen LogP contribution in [0.25, 0.3) is 0 Å². The minimum absolute atomic E-state index is 0.0253. The molecule has 0 aliphatic carbocycles. The largest absolute Gasteiger partial charge is 0.352 e. The van der Waals surface area contributed by atoms with Gasteiger partial charge in [-0.05, 0) is 25.8 Å². The SMILES string of the molecule is CCc1nn(C)cc1C(=O)NCCCCCN. The van der Waals surface area contributed by atoms with Crippen molar-refractivity contribution in [2.75, 3.05) is 13.1 Å². The van der Waals surface area contributed by atoms with Gasteiger partial charge in [-0.25, -0.2) is 0 Å². The van der Waals surface area contributed by atoms with Crippen LogP contribution in [-0.2, 0) is 13.5 Å². The number of aromatic nitrogens is 2. The van der Waals surface area contributed by atoms with Crippen LogP contribution in [0.4, 0.5) is 0 Å². The summed E-state index contributed by atoms with van der Waals surface area (Å²) in [4.78, 5) is 11.9. The second kappa shape index (κ2) is 7.06. The van der Waals surface area contributed by atoms with Gasteiger partial charge in [-0.1, -0.05) is 13.3 Å². The molecule has 0 radical (unpaired) electrons. The lowest BCUT2D eigenvalue weighted by Gasteiger charge is -2.04. The van der Waals surface area contributed by atoms with Gasteiger partial charge in [0.25, 0.3) is 5.91 Å². The Morgan fingerprint density at radius 2 is 2.24 bits per heavy atom. The Balaban J connectivity index is 2.41. The van der Waals surface area contributed by atoms with Gasteiger partial charge in [0.1, 0.15) is 0 Å². The number of carbonyl (C=O) groups is 1. The minimum atomic E-state index is -0.0253. The fraction of sp³-hybridized carbons (Fsp3) is 0.667. The first kappa shape index (κ1) is 13.7. The average molecular weight is 238 g/mol. The zero-order valence-corrected chi connectivity index (χ0v) is 10.7. The number of nitrogens with one attached hydrogen (secondary N) is 1. The van der Waals surface area contributed by atoms with E-state index in [0.717, 1.165) is 37.9 Å². The van der Waals surface area contributed by atoms with E-state index in [1.165, 1.54) is 0 Å². The molecule has 1 amide bonds. The molecule has 0 bridgehead atoms. The van der Waals surface area contributed by atoms with Gasteiger partial charge in [-0.15, -0.1) is 0 Å². The summed E-state index contributed by atoms with van der Waals surface area (Å²) in [5.74, 6) is -0.0253. The molecule has 0 saturated heterocycles. The van der Waals surface area contributed by atoms with E-state index in [4.69, 9.17) is 5.73 Å².